The van der Waals surface area contributed by atoms with Crippen LogP contribution in [0.5, 0.6) is 0 Å². The zero-order valence-electron chi connectivity index (χ0n) is 13.6. The van der Waals surface area contributed by atoms with Crippen LogP contribution in [0.1, 0.15) is 33.8 Å². The molecule has 0 spiro atoms. The third-order valence-electron chi connectivity index (χ3n) is 4.13. The van der Waals surface area contributed by atoms with Crippen LogP contribution in [0.15, 0.2) is 28.8 Å². The fourth-order valence-corrected chi connectivity index (χ4v) is 2.86. The molecule has 1 aromatic carbocycles. The third kappa shape index (κ3) is 3.03. The number of aliphatic hydroxyl groups is 1. The average Bonchev–Trinajstić information content (AvgIpc) is 3.09. The van der Waals surface area contributed by atoms with Gasteiger partial charge in [-0.05, 0) is 31.5 Å². The van der Waals surface area contributed by atoms with Gasteiger partial charge in [0.2, 0.25) is 5.91 Å². The van der Waals surface area contributed by atoms with Crippen molar-refractivity contribution in [3.8, 4) is 0 Å². The van der Waals surface area contributed by atoms with Crippen LogP contribution >= 0.6 is 0 Å². The quantitative estimate of drug-likeness (QED) is 0.882. The van der Waals surface area contributed by atoms with Crippen LogP contribution in [0.25, 0.3) is 0 Å². The molecule has 7 heteroatoms. The summed E-state index contributed by atoms with van der Waals surface area (Å²) in [6.45, 7) is 3.68. The van der Waals surface area contributed by atoms with Crippen molar-refractivity contribution in [2.45, 2.75) is 32.9 Å². The molecule has 0 aliphatic carbocycles. The highest BCUT2D eigenvalue weighted by Crippen LogP contribution is 2.23. The van der Waals surface area contributed by atoms with Gasteiger partial charge in [0.15, 0.2) is 5.69 Å². The summed E-state index contributed by atoms with van der Waals surface area (Å²) in [6, 6.07) is 7.36. The number of carbonyl (C=O) groups excluding carboxylic acids is 2. The topological polar surface area (TPSA) is 95.7 Å². The number of hydrogen-bond donors (Lipinski definition) is 2. The fourth-order valence-electron chi connectivity index (χ4n) is 2.86. The van der Waals surface area contributed by atoms with Crippen LogP contribution in [0.4, 0.5) is 5.69 Å². The first-order valence-corrected chi connectivity index (χ1v) is 7.73. The van der Waals surface area contributed by atoms with Crippen molar-refractivity contribution in [2.75, 3.05) is 11.4 Å². The molecule has 2 N–H and O–H groups in total. The molecule has 1 atom stereocenters. The van der Waals surface area contributed by atoms with Gasteiger partial charge in [-0.1, -0.05) is 17.3 Å². The minimum atomic E-state index is -0.445. The normalized spacial score (nSPS) is 17.4. The van der Waals surface area contributed by atoms with Crippen molar-refractivity contribution < 1.29 is 19.2 Å². The molecule has 2 heterocycles. The lowest BCUT2D eigenvalue weighted by Gasteiger charge is -2.17. The molecule has 1 aliphatic rings. The van der Waals surface area contributed by atoms with Crippen molar-refractivity contribution in [1.29, 1.82) is 0 Å². The standard InChI is InChI=1S/C17H19N3O4/c1-10-4-3-5-13(6-10)20-8-12(7-15(20)22)18-17(23)16-14(9-21)11(2)24-19-16/h3-6,12,21H,7-9H2,1-2H3,(H,18,23)/t12-/m1/s1. The molecule has 2 aromatic rings. The maximum absolute atomic E-state index is 12.3. The highest BCUT2D eigenvalue weighted by atomic mass is 16.5. The number of anilines is 1. The number of rotatable bonds is 4. The van der Waals surface area contributed by atoms with Gasteiger partial charge in [-0.15, -0.1) is 0 Å². The van der Waals surface area contributed by atoms with Crippen molar-refractivity contribution >= 4 is 17.5 Å². The minimum Gasteiger partial charge on any atom is -0.391 e. The number of benzene rings is 1. The lowest BCUT2D eigenvalue weighted by Crippen LogP contribution is -2.37. The van der Waals surface area contributed by atoms with Crippen LogP contribution in [0.3, 0.4) is 0 Å². The molecule has 126 valence electrons. The number of hydrogen-bond acceptors (Lipinski definition) is 5. The lowest BCUT2D eigenvalue weighted by atomic mass is 10.2. The predicted octanol–water partition coefficient (Wildman–Crippen LogP) is 1.32. The van der Waals surface area contributed by atoms with Crippen LogP contribution in [-0.2, 0) is 11.4 Å². The van der Waals surface area contributed by atoms with E-state index in [1.807, 2.05) is 31.2 Å². The first kappa shape index (κ1) is 16.2. The number of aromatic nitrogens is 1. The Morgan fingerprint density at radius 2 is 2.25 bits per heavy atom. The van der Waals surface area contributed by atoms with E-state index in [0.717, 1.165) is 11.3 Å². The van der Waals surface area contributed by atoms with Gasteiger partial charge in [0.05, 0.1) is 18.2 Å². The number of nitrogens with one attached hydrogen (secondary N) is 1. The Labute approximate surface area is 139 Å². The van der Waals surface area contributed by atoms with Crippen LogP contribution in [0.2, 0.25) is 0 Å². The highest BCUT2D eigenvalue weighted by molar-refractivity contribution is 5.98. The first-order valence-electron chi connectivity index (χ1n) is 7.73. The smallest absolute Gasteiger partial charge is 0.274 e. The van der Waals surface area contributed by atoms with E-state index in [1.54, 1.807) is 11.8 Å². The fraction of sp³-hybridized carbons (Fsp3) is 0.353. The highest BCUT2D eigenvalue weighted by Gasteiger charge is 2.32. The molecule has 1 fully saturated rings. The van der Waals surface area contributed by atoms with Gasteiger partial charge in [0.25, 0.3) is 5.91 Å². The summed E-state index contributed by atoms with van der Waals surface area (Å²) in [5.74, 6) is -0.0732. The van der Waals surface area contributed by atoms with Crippen LogP contribution in [0, 0.1) is 13.8 Å². The summed E-state index contributed by atoms with van der Waals surface area (Å²) in [7, 11) is 0. The molecule has 0 bridgehead atoms. The molecule has 0 radical (unpaired) electrons. The van der Waals surface area contributed by atoms with E-state index < -0.39 is 5.91 Å². The Balaban J connectivity index is 1.71. The van der Waals surface area contributed by atoms with Crippen LogP contribution < -0.4 is 10.2 Å². The van der Waals surface area contributed by atoms with Gasteiger partial charge >= 0.3 is 0 Å². The second-order valence-corrected chi connectivity index (χ2v) is 5.94. The summed E-state index contributed by atoms with van der Waals surface area (Å²) in [5, 5.41) is 15.8. The van der Waals surface area contributed by atoms with E-state index in [9.17, 15) is 14.7 Å². The molecular weight excluding hydrogens is 310 g/mol. The third-order valence-corrected chi connectivity index (χ3v) is 4.13. The molecule has 0 unspecified atom stereocenters. The van der Waals surface area contributed by atoms with E-state index in [1.165, 1.54) is 0 Å². The Morgan fingerprint density at radius 3 is 2.96 bits per heavy atom. The maximum atomic E-state index is 12.3. The Morgan fingerprint density at radius 1 is 1.46 bits per heavy atom. The summed E-state index contributed by atoms with van der Waals surface area (Å²) in [4.78, 5) is 26.2. The Hall–Kier alpha value is -2.67. The zero-order valence-corrected chi connectivity index (χ0v) is 13.6. The number of aliphatic hydroxyl groups excluding tert-OH is 1. The van der Waals surface area contributed by atoms with Gasteiger partial charge in [-0.25, -0.2) is 0 Å². The maximum Gasteiger partial charge on any atom is 0.274 e. The van der Waals surface area contributed by atoms with Crippen LogP contribution in [-0.4, -0.2) is 34.7 Å². The molecule has 3 rings (SSSR count). The second kappa shape index (κ2) is 6.45. The SMILES string of the molecule is Cc1cccc(N2C[C@H](NC(=O)c3noc(C)c3CO)CC2=O)c1. The number of aryl methyl sites for hydroxylation is 2. The van der Waals surface area contributed by atoms with Gasteiger partial charge in [0.1, 0.15) is 5.76 Å². The van der Waals surface area contributed by atoms with Crippen molar-refractivity contribution in [3.05, 3.63) is 46.8 Å². The Kier molecular flexibility index (Phi) is 4.35. The molecule has 1 aliphatic heterocycles. The van der Waals surface area contributed by atoms with Gasteiger partial charge < -0.3 is 19.8 Å². The molecule has 1 aromatic heterocycles. The van der Waals surface area contributed by atoms with E-state index in [4.69, 9.17) is 4.52 Å². The van der Waals surface area contributed by atoms with E-state index in [2.05, 4.69) is 10.5 Å². The van der Waals surface area contributed by atoms with E-state index in [0.29, 0.717) is 17.9 Å². The summed E-state index contributed by atoms with van der Waals surface area (Å²) >= 11 is 0. The zero-order chi connectivity index (χ0) is 17.3. The Bertz CT molecular complexity index is 784. The molecule has 7 nitrogen and oxygen atoms in total. The van der Waals surface area contributed by atoms with Crippen molar-refractivity contribution in [3.63, 3.8) is 0 Å². The molecule has 1 saturated heterocycles. The van der Waals surface area contributed by atoms with Gasteiger partial charge in [0, 0.05) is 18.7 Å². The summed E-state index contributed by atoms with van der Waals surface area (Å²) in [6.07, 6.45) is 0.227. The largest absolute Gasteiger partial charge is 0.391 e. The van der Waals surface area contributed by atoms with E-state index in [-0.39, 0.29) is 30.7 Å². The minimum absolute atomic E-state index is 0.0374. The van der Waals surface area contributed by atoms with E-state index >= 15 is 0 Å². The molecule has 0 saturated carbocycles. The lowest BCUT2D eigenvalue weighted by molar-refractivity contribution is -0.117. The van der Waals surface area contributed by atoms with Crippen molar-refractivity contribution in [1.82, 2.24) is 10.5 Å². The monoisotopic (exact) mass is 329 g/mol. The molecular formula is C17H19N3O4. The van der Waals surface area contributed by atoms with Gasteiger partial charge in [-0.3, -0.25) is 9.59 Å². The summed E-state index contributed by atoms with van der Waals surface area (Å²) in [5.41, 5.74) is 2.33. The number of nitrogens with zero attached hydrogens (tertiary/aromatic N) is 2. The van der Waals surface area contributed by atoms with Gasteiger partial charge in [-0.2, -0.15) is 0 Å². The average molecular weight is 329 g/mol. The van der Waals surface area contributed by atoms with Crippen molar-refractivity contribution in [2.24, 2.45) is 0 Å². The second-order valence-electron chi connectivity index (χ2n) is 5.94. The number of carbonyl (C=O) groups is 2. The predicted molar refractivity (Wildman–Crippen MR) is 86.6 cm³/mol. The first-order chi connectivity index (χ1) is 11.5. The summed E-state index contributed by atoms with van der Waals surface area (Å²) < 4.78 is 4.95. The molecule has 24 heavy (non-hydrogen) atoms. The molecule has 2 amide bonds. The number of amides is 2.